The van der Waals surface area contributed by atoms with Gasteiger partial charge in [0.2, 0.25) is 11.8 Å². The second-order valence-corrected chi connectivity index (χ2v) is 7.30. The smallest absolute Gasteiger partial charge is 0.224 e. The lowest BCUT2D eigenvalue weighted by Crippen LogP contribution is -2.43. The minimum atomic E-state index is -0.0676. The van der Waals surface area contributed by atoms with E-state index in [0.29, 0.717) is 13.0 Å². The molecule has 0 aliphatic carbocycles. The van der Waals surface area contributed by atoms with Crippen LogP contribution >= 0.6 is 0 Å². The Morgan fingerprint density at radius 2 is 2.00 bits per heavy atom. The van der Waals surface area contributed by atoms with Crippen molar-refractivity contribution in [3.8, 4) is 0 Å². The van der Waals surface area contributed by atoms with E-state index in [1.807, 2.05) is 39.6 Å². The SMILES string of the molecule is Cc1nc2c(c(C)nn2C)c(C)c1CC(=O)NC(C)CN1CCCC1=O. The van der Waals surface area contributed by atoms with E-state index < -0.39 is 0 Å². The molecule has 1 aliphatic rings. The fraction of sp³-hybridized carbons (Fsp3) is 0.579. The molecule has 1 aliphatic heterocycles. The van der Waals surface area contributed by atoms with E-state index in [2.05, 4.69) is 15.4 Å². The van der Waals surface area contributed by atoms with E-state index in [0.717, 1.165) is 46.5 Å². The van der Waals surface area contributed by atoms with Crippen LogP contribution in [0.25, 0.3) is 11.0 Å². The van der Waals surface area contributed by atoms with Gasteiger partial charge >= 0.3 is 0 Å². The van der Waals surface area contributed by atoms with Crippen molar-refractivity contribution in [2.24, 2.45) is 7.05 Å². The van der Waals surface area contributed by atoms with E-state index in [1.54, 1.807) is 4.68 Å². The molecule has 7 nitrogen and oxygen atoms in total. The number of aromatic nitrogens is 3. The first kappa shape index (κ1) is 18.4. The predicted octanol–water partition coefficient (Wildman–Crippen LogP) is 1.56. The fourth-order valence-corrected chi connectivity index (χ4v) is 3.88. The lowest BCUT2D eigenvalue weighted by molar-refractivity contribution is -0.129. The van der Waals surface area contributed by atoms with E-state index in [4.69, 9.17) is 0 Å². The molecule has 1 fully saturated rings. The summed E-state index contributed by atoms with van der Waals surface area (Å²) in [7, 11) is 1.88. The van der Waals surface area contributed by atoms with Gasteiger partial charge in [0.05, 0.1) is 12.1 Å². The summed E-state index contributed by atoms with van der Waals surface area (Å²) >= 11 is 0. The second-order valence-electron chi connectivity index (χ2n) is 7.30. The molecule has 1 atom stereocenters. The predicted molar refractivity (Wildman–Crippen MR) is 99.8 cm³/mol. The highest BCUT2D eigenvalue weighted by Crippen LogP contribution is 2.25. The van der Waals surface area contributed by atoms with Crippen molar-refractivity contribution < 1.29 is 9.59 Å². The Kier molecular flexibility index (Phi) is 4.98. The molecule has 3 rings (SSSR count). The van der Waals surface area contributed by atoms with Gasteiger partial charge in [-0.15, -0.1) is 0 Å². The summed E-state index contributed by atoms with van der Waals surface area (Å²) in [5.41, 5.74) is 4.65. The minimum absolute atomic E-state index is 0.0435. The summed E-state index contributed by atoms with van der Waals surface area (Å²) in [5.74, 6) is 0.137. The van der Waals surface area contributed by atoms with Gasteiger partial charge in [0.15, 0.2) is 5.65 Å². The number of aryl methyl sites for hydroxylation is 4. The first-order valence-electron chi connectivity index (χ1n) is 9.14. The quantitative estimate of drug-likeness (QED) is 0.881. The number of likely N-dealkylation sites (tertiary alicyclic amines) is 1. The van der Waals surface area contributed by atoms with Crippen molar-refractivity contribution in [3.63, 3.8) is 0 Å². The largest absolute Gasteiger partial charge is 0.352 e. The van der Waals surface area contributed by atoms with Crippen LogP contribution < -0.4 is 5.32 Å². The van der Waals surface area contributed by atoms with Gasteiger partial charge in [-0.2, -0.15) is 5.10 Å². The van der Waals surface area contributed by atoms with E-state index >= 15 is 0 Å². The maximum absolute atomic E-state index is 12.5. The van der Waals surface area contributed by atoms with Crippen molar-refractivity contribution >= 4 is 22.8 Å². The number of pyridine rings is 1. The highest BCUT2D eigenvalue weighted by Gasteiger charge is 2.23. The molecule has 2 aromatic heterocycles. The Hall–Kier alpha value is -2.44. The van der Waals surface area contributed by atoms with Gasteiger partial charge < -0.3 is 10.2 Å². The zero-order chi connectivity index (χ0) is 19.0. The topological polar surface area (TPSA) is 80.1 Å². The summed E-state index contributed by atoms with van der Waals surface area (Å²) in [5, 5.41) is 8.48. The van der Waals surface area contributed by atoms with Crippen LogP contribution in [-0.2, 0) is 23.1 Å². The number of carbonyl (C=O) groups is 2. The maximum Gasteiger partial charge on any atom is 0.224 e. The lowest BCUT2D eigenvalue weighted by atomic mass is 10.0. The maximum atomic E-state index is 12.5. The van der Waals surface area contributed by atoms with Gasteiger partial charge in [-0.05, 0) is 45.2 Å². The zero-order valence-electron chi connectivity index (χ0n) is 16.2. The average Bonchev–Trinajstić information content (AvgIpc) is 3.07. The van der Waals surface area contributed by atoms with Crippen LogP contribution in [0.4, 0.5) is 0 Å². The average molecular weight is 357 g/mol. The number of fused-ring (bicyclic) bond motifs is 1. The summed E-state index contributed by atoms with van der Waals surface area (Å²) in [6.45, 7) is 9.23. The number of hydrogen-bond acceptors (Lipinski definition) is 4. The Balaban J connectivity index is 1.73. The van der Waals surface area contributed by atoms with Gasteiger partial charge in [-0.3, -0.25) is 14.3 Å². The highest BCUT2D eigenvalue weighted by atomic mass is 16.2. The summed E-state index contributed by atoms with van der Waals surface area (Å²) in [6.07, 6.45) is 1.82. The number of carbonyl (C=O) groups excluding carboxylic acids is 2. The summed E-state index contributed by atoms with van der Waals surface area (Å²) in [4.78, 5) is 30.8. The van der Waals surface area contributed by atoms with Crippen molar-refractivity contribution in [1.82, 2.24) is 25.0 Å². The Bertz CT molecular complexity index is 871. The number of nitrogens with one attached hydrogen (secondary N) is 1. The molecule has 0 bridgehead atoms. The molecule has 2 aromatic rings. The summed E-state index contributed by atoms with van der Waals surface area (Å²) in [6, 6.07) is -0.0676. The van der Waals surface area contributed by atoms with Crippen molar-refractivity contribution in [2.45, 2.75) is 53.0 Å². The molecule has 2 amide bonds. The van der Waals surface area contributed by atoms with Gasteiger partial charge in [0.25, 0.3) is 0 Å². The van der Waals surface area contributed by atoms with Crippen molar-refractivity contribution in [1.29, 1.82) is 0 Å². The molecule has 0 radical (unpaired) electrons. The Labute approximate surface area is 153 Å². The zero-order valence-corrected chi connectivity index (χ0v) is 16.2. The second kappa shape index (κ2) is 7.05. The molecular formula is C19H27N5O2. The minimum Gasteiger partial charge on any atom is -0.352 e. The Morgan fingerprint density at radius 3 is 2.65 bits per heavy atom. The molecule has 0 saturated carbocycles. The molecule has 26 heavy (non-hydrogen) atoms. The lowest BCUT2D eigenvalue weighted by Gasteiger charge is -2.22. The standard InChI is InChI=1S/C19H27N5O2/c1-11(10-24-8-6-7-17(24)26)20-16(25)9-15-12(2)18-14(4)22-23(5)19(18)21-13(15)3/h11H,6-10H2,1-5H3,(H,20,25). The van der Waals surface area contributed by atoms with Crippen LogP contribution in [0.1, 0.15) is 42.3 Å². The highest BCUT2D eigenvalue weighted by molar-refractivity contribution is 5.86. The van der Waals surface area contributed by atoms with Crippen LogP contribution in [0.5, 0.6) is 0 Å². The number of hydrogen-bond donors (Lipinski definition) is 1. The number of rotatable bonds is 5. The molecular weight excluding hydrogens is 330 g/mol. The van der Waals surface area contributed by atoms with E-state index in [1.165, 1.54) is 0 Å². The van der Waals surface area contributed by atoms with Crippen LogP contribution in [-0.4, -0.2) is 50.6 Å². The van der Waals surface area contributed by atoms with Crippen molar-refractivity contribution in [2.75, 3.05) is 13.1 Å². The molecule has 1 N–H and O–H groups in total. The monoisotopic (exact) mass is 357 g/mol. The van der Waals surface area contributed by atoms with Crippen LogP contribution in [0.15, 0.2) is 0 Å². The third-order valence-electron chi connectivity index (χ3n) is 5.14. The molecule has 1 saturated heterocycles. The summed E-state index contributed by atoms with van der Waals surface area (Å²) < 4.78 is 1.78. The molecule has 3 heterocycles. The number of amides is 2. The van der Waals surface area contributed by atoms with Gasteiger partial charge in [0, 0.05) is 43.7 Å². The molecule has 0 aromatic carbocycles. The van der Waals surface area contributed by atoms with Gasteiger partial charge in [-0.1, -0.05) is 0 Å². The number of nitrogens with zero attached hydrogens (tertiary/aromatic N) is 4. The fourth-order valence-electron chi connectivity index (χ4n) is 3.88. The molecule has 1 unspecified atom stereocenters. The molecule has 0 spiro atoms. The van der Waals surface area contributed by atoms with E-state index in [-0.39, 0.29) is 24.3 Å². The van der Waals surface area contributed by atoms with Gasteiger partial charge in [-0.25, -0.2) is 4.98 Å². The third-order valence-corrected chi connectivity index (χ3v) is 5.14. The van der Waals surface area contributed by atoms with Crippen LogP contribution in [0.2, 0.25) is 0 Å². The van der Waals surface area contributed by atoms with Crippen LogP contribution in [0.3, 0.4) is 0 Å². The van der Waals surface area contributed by atoms with Gasteiger partial charge in [0.1, 0.15) is 0 Å². The normalized spacial score (nSPS) is 15.7. The third kappa shape index (κ3) is 3.43. The van der Waals surface area contributed by atoms with Crippen LogP contribution in [0, 0.1) is 20.8 Å². The molecule has 140 valence electrons. The Morgan fingerprint density at radius 1 is 1.27 bits per heavy atom. The van der Waals surface area contributed by atoms with Crippen molar-refractivity contribution in [3.05, 3.63) is 22.5 Å². The first-order chi connectivity index (χ1) is 12.3. The first-order valence-corrected chi connectivity index (χ1v) is 9.14. The molecule has 7 heteroatoms. The van der Waals surface area contributed by atoms with E-state index in [9.17, 15) is 9.59 Å².